The summed E-state index contributed by atoms with van der Waals surface area (Å²) in [6.45, 7) is -0.411. The molecule has 7 heteroatoms. The van der Waals surface area contributed by atoms with Crippen LogP contribution in [0.2, 0.25) is 0 Å². The van der Waals surface area contributed by atoms with Crippen LogP contribution in [0.1, 0.15) is 11.9 Å². The van der Waals surface area contributed by atoms with Gasteiger partial charge in [0.1, 0.15) is 30.2 Å². The average molecular weight is 228 g/mol. The Morgan fingerprint density at radius 3 is 2.75 bits per heavy atom. The topological polar surface area (TPSA) is 116 Å². The molecule has 88 valence electrons. The Hall–Kier alpha value is -1.28. The smallest absolute Gasteiger partial charge is 0.250 e. The Balaban J connectivity index is 2.26. The molecule has 1 aromatic heterocycles. The standard InChI is InChI=1S/C9H12N2O5/c12-3-4-6(14)7(15)8(16-4)9-10-2-1-5(13)11-9/h1-2,4,6-8,12,14-15H,3H2,(H,10,11,13)/t4-,6-,7-,8-/m1/s1. The van der Waals surface area contributed by atoms with Crippen LogP contribution in [-0.2, 0) is 4.74 Å². The van der Waals surface area contributed by atoms with E-state index in [1.165, 1.54) is 12.3 Å². The lowest BCUT2D eigenvalue weighted by Gasteiger charge is -2.12. The van der Waals surface area contributed by atoms with Crippen LogP contribution in [0.5, 0.6) is 0 Å². The number of aromatic amines is 1. The zero-order chi connectivity index (χ0) is 11.7. The predicted molar refractivity (Wildman–Crippen MR) is 51.6 cm³/mol. The van der Waals surface area contributed by atoms with Crippen molar-refractivity contribution in [2.24, 2.45) is 0 Å². The number of aromatic nitrogens is 2. The fourth-order valence-electron chi connectivity index (χ4n) is 1.66. The summed E-state index contributed by atoms with van der Waals surface area (Å²) < 4.78 is 5.19. The molecule has 1 aliphatic heterocycles. The fourth-order valence-corrected chi connectivity index (χ4v) is 1.66. The summed E-state index contributed by atoms with van der Waals surface area (Å²) >= 11 is 0. The van der Waals surface area contributed by atoms with Gasteiger partial charge in [0.15, 0.2) is 0 Å². The molecular formula is C9H12N2O5. The van der Waals surface area contributed by atoms with Gasteiger partial charge in [-0.05, 0) is 0 Å². The van der Waals surface area contributed by atoms with Gasteiger partial charge >= 0.3 is 0 Å². The highest BCUT2D eigenvalue weighted by atomic mass is 16.6. The third-order valence-electron chi connectivity index (χ3n) is 2.50. The van der Waals surface area contributed by atoms with Crippen LogP contribution in [0.15, 0.2) is 17.1 Å². The van der Waals surface area contributed by atoms with Crippen molar-refractivity contribution in [3.63, 3.8) is 0 Å². The van der Waals surface area contributed by atoms with Gasteiger partial charge < -0.3 is 25.0 Å². The fraction of sp³-hybridized carbons (Fsp3) is 0.556. The lowest BCUT2D eigenvalue weighted by Crippen LogP contribution is -2.32. The summed E-state index contributed by atoms with van der Waals surface area (Å²) in [6, 6.07) is 1.23. The van der Waals surface area contributed by atoms with E-state index in [0.29, 0.717) is 0 Å². The maximum Gasteiger partial charge on any atom is 0.250 e. The molecule has 0 unspecified atom stereocenters. The van der Waals surface area contributed by atoms with E-state index in [0.717, 1.165) is 0 Å². The molecule has 2 rings (SSSR count). The monoisotopic (exact) mass is 228 g/mol. The van der Waals surface area contributed by atoms with Crippen LogP contribution in [0.25, 0.3) is 0 Å². The van der Waals surface area contributed by atoms with Crippen molar-refractivity contribution < 1.29 is 20.1 Å². The summed E-state index contributed by atoms with van der Waals surface area (Å²) in [6.07, 6.45) is -2.93. The molecule has 0 saturated carbocycles. The molecule has 4 atom stereocenters. The lowest BCUT2D eigenvalue weighted by atomic mass is 10.1. The van der Waals surface area contributed by atoms with Gasteiger partial charge in [-0.1, -0.05) is 0 Å². The van der Waals surface area contributed by atoms with Crippen LogP contribution in [0.4, 0.5) is 0 Å². The summed E-state index contributed by atoms with van der Waals surface area (Å²) in [7, 11) is 0. The van der Waals surface area contributed by atoms with Gasteiger partial charge in [-0.3, -0.25) is 4.79 Å². The van der Waals surface area contributed by atoms with Crippen molar-refractivity contribution >= 4 is 0 Å². The van der Waals surface area contributed by atoms with Crippen molar-refractivity contribution in [3.05, 3.63) is 28.4 Å². The molecule has 1 saturated heterocycles. The summed E-state index contributed by atoms with van der Waals surface area (Å²) in [5.74, 6) is 0.134. The minimum atomic E-state index is -1.22. The minimum absolute atomic E-state index is 0.134. The Morgan fingerprint density at radius 2 is 2.19 bits per heavy atom. The second kappa shape index (κ2) is 4.30. The quantitative estimate of drug-likeness (QED) is 0.462. The Morgan fingerprint density at radius 1 is 1.44 bits per heavy atom. The van der Waals surface area contributed by atoms with Crippen molar-refractivity contribution in [2.45, 2.75) is 24.4 Å². The number of nitrogens with zero attached hydrogens (tertiary/aromatic N) is 1. The second-order valence-corrected chi connectivity index (χ2v) is 3.58. The largest absolute Gasteiger partial charge is 0.394 e. The van der Waals surface area contributed by atoms with E-state index in [2.05, 4.69) is 9.97 Å². The van der Waals surface area contributed by atoms with Gasteiger partial charge in [-0.25, -0.2) is 4.98 Å². The van der Waals surface area contributed by atoms with Gasteiger partial charge in [0, 0.05) is 12.3 Å². The van der Waals surface area contributed by atoms with Crippen LogP contribution >= 0.6 is 0 Å². The maximum absolute atomic E-state index is 11.0. The summed E-state index contributed by atoms with van der Waals surface area (Å²) in [5.41, 5.74) is -0.372. The molecule has 2 heterocycles. The highest BCUT2D eigenvalue weighted by Gasteiger charge is 2.44. The molecule has 0 amide bonds. The van der Waals surface area contributed by atoms with E-state index in [9.17, 15) is 15.0 Å². The minimum Gasteiger partial charge on any atom is -0.394 e. The first kappa shape index (κ1) is 11.2. The zero-order valence-electron chi connectivity index (χ0n) is 8.28. The van der Waals surface area contributed by atoms with E-state index in [1.807, 2.05) is 0 Å². The highest BCUT2D eigenvalue weighted by Crippen LogP contribution is 2.30. The molecule has 0 bridgehead atoms. The van der Waals surface area contributed by atoms with Gasteiger partial charge in [0.25, 0.3) is 5.56 Å². The molecule has 0 aromatic carbocycles. The molecule has 0 radical (unpaired) electrons. The number of aliphatic hydroxyl groups excluding tert-OH is 3. The number of aliphatic hydroxyl groups is 3. The van der Waals surface area contributed by atoms with E-state index >= 15 is 0 Å². The Labute approximate surface area is 90.3 Å². The molecule has 4 N–H and O–H groups in total. The van der Waals surface area contributed by atoms with Crippen LogP contribution in [-0.4, -0.2) is 50.2 Å². The normalized spacial score (nSPS) is 34.2. The summed E-state index contributed by atoms with van der Waals surface area (Å²) in [5, 5.41) is 28.0. The first-order valence-corrected chi connectivity index (χ1v) is 4.81. The van der Waals surface area contributed by atoms with E-state index in [-0.39, 0.29) is 11.4 Å². The molecule has 16 heavy (non-hydrogen) atoms. The van der Waals surface area contributed by atoms with Crippen molar-refractivity contribution in [1.82, 2.24) is 9.97 Å². The predicted octanol–water partition coefficient (Wildman–Crippen LogP) is -2.08. The molecule has 7 nitrogen and oxygen atoms in total. The SMILES string of the molecule is O=c1ccnc([C@@H]2O[C@H](CO)[C@@H](O)[C@H]2O)[nH]1. The molecule has 0 aliphatic carbocycles. The number of nitrogens with one attached hydrogen (secondary N) is 1. The zero-order valence-corrected chi connectivity index (χ0v) is 8.28. The molecule has 1 fully saturated rings. The molecule has 1 aliphatic rings. The molecule has 0 spiro atoms. The van der Waals surface area contributed by atoms with Crippen molar-refractivity contribution in [3.8, 4) is 0 Å². The number of H-pyrrole nitrogens is 1. The van der Waals surface area contributed by atoms with Crippen LogP contribution < -0.4 is 5.56 Å². The Kier molecular flexibility index (Phi) is 3.01. The van der Waals surface area contributed by atoms with Gasteiger partial charge in [-0.2, -0.15) is 0 Å². The third-order valence-corrected chi connectivity index (χ3v) is 2.50. The van der Waals surface area contributed by atoms with E-state index in [1.54, 1.807) is 0 Å². The van der Waals surface area contributed by atoms with Gasteiger partial charge in [-0.15, -0.1) is 0 Å². The second-order valence-electron chi connectivity index (χ2n) is 3.58. The van der Waals surface area contributed by atoms with E-state index in [4.69, 9.17) is 9.84 Å². The molecule has 1 aromatic rings. The number of rotatable bonds is 2. The first-order chi connectivity index (χ1) is 7.63. The van der Waals surface area contributed by atoms with E-state index < -0.39 is 31.0 Å². The highest BCUT2D eigenvalue weighted by molar-refractivity contribution is 5.03. The van der Waals surface area contributed by atoms with Gasteiger partial charge in [0.05, 0.1) is 6.61 Å². The van der Waals surface area contributed by atoms with Crippen LogP contribution in [0.3, 0.4) is 0 Å². The number of ether oxygens (including phenoxy) is 1. The number of hydrogen-bond donors (Lipinski definition) is 4. The first-order valence-electron chi connectivity index (χ1n) is 4.81. The average Bonchev–Trinajstić information content (AvgIpc) is 2.56. The maximum atomic E-state index is 11.0. The third kappa shape index (κ3) is 1.85. The Bertz CT molecular complexity index is 420. The summed E-state index contributed by atoms with van der Waals surface area (Å²) in [4.78, 5) is 17.3. The van der Waals surface area contributed by atoms with Crippen molar-refractivity contribution in [2.75, 3.05) is 6.61 Å². The van der Waals surface area contributed by atoms with Gasteiger partial charge in [0.2, 0.25) is 0 Å². The molecular weight excluding hydrogens is 216 g/mol. The van der Waals surface area contributed by atoms with Crippen LogP contribution in [0, 0.1) is 0 Å². The van der Waals surface area contributed by atoms with Crippen molar-refractivity contribution in [1.29, 1.82) is 0 Å². The number of hydrogen-bond acceptors (Lipinski definition) is 6. The lowest BCUT2D eigenvalue weighted by molar-refractivity contribution is -0.0253.